The molecule has 0 aliphatic heterocycles. The molecule has 2 N–H and O–H groups in total. The zero-order valence-electron chi connectivity index (χ0n) is 10.1. The van der Waals surface area contributed by atoms with Crippen molar-refractivity contribution in [2.75, 3.05) is 13.7 Å². The third-order valence-corrected chi connectivity index (χ3v) is 2.57. The number of nitrogens with one attached hydrogen (secondary N) is 2. The highest BCUT2D eigenvalue weighted by Crippen LogP contribution is 2.17. The van der Waals surface area contributed by atoms with Gasteiger partial charge in [-0.2, -0.15) is 0 Å². The number of ether oxygens (including phenoxy) is 1. The summed E-state index contributed by atoms with van der Waals surface area (Å²) in [6, 6.07) is -0.0696. The molecule has 0 spiro atoms. The predicted octanol–water partition coefficient (Wildman–Crippen LogP) is 0.0522. The van der Waals surface area contributed by atoms with Crippen molar-refractivity contribution in [2.24, 2.45) is 5.92 Å². The minimum Gasteiger partial charge on any atom is -0.467 e. The molecule has 5 nitrogen and oxygen atoms in total. The number of rotatable bonds is 6. The van der Waals surface area contributed by atoms with Crippen LogP contribution in [0.15, 0.2) is 0 Å². The van der Waals surface area contributed by atoms with Crippen LogP contribution < -0.4 is 10.6 Å². The first-order valence-electron chi connectivity index (χ1n) is 5.65. The zero-order chi connectivity index (χ0) is 12.1. The van der Waals surface area contributed by atoms with Crippen molar-refractivity contribution in [2.45, 2.75) is 38.8 Å². The van der Waals surface area contributed by atoms with Gasteiger partial charge in [0.1, 0.15) is 6.04 Å². The van der Waals surface area contributed by atoms with E-state index in [0.29, 0.717) is 6.04 Å². The van der Waals surface area contributed by atoms with Crippen LogP contribution in [0.5, 0.6) is 0 Å². The molecule has 1 atom stereocenters. The van der Waals surface area contributed by atoms with Gasteiger partial charge >= 0.3 is 5.97 Å². The van der Waals surface area contributed by atoms with Gasteiger partial charge in [0.15, 0.2) is 0 Å². The summed E-state index contributed by atoms with van der Waals surface area (Å²) >= 11 is 0. The normalized spacial score (nSPS) is 17.0. The molecule has 0 aromatic heterocycles. The van der Waals surface area contributed by atoms with Gasteiger partial charge in [-0.3, -0.25) is 4.79 Å². The van der Waals surface area contributed by atoms with Gasteiger partial charge in [0.05, 0.1) is 13.7 Å². The van der Waals surface area contributed by atoms with Gasteiger partial charge in [-0.25, -0.2) is 4.79 Å². The first-order chi connectivity index (χ1) is 7.54. The summed E-state index contributed by atoms with van der Waals surface area (Å²) in [5.41, 5.74) is 0. The number of amides is 1. The second-order valence-corrected chi connectivity index (χ2v) is 4.47. The first-order valence-corrected chi connectivity index (χ1v) is 5.65. The molecule has 0 heterocycles. The van der Waals surface area contributed by atoms with E-state index >= 15 is 0 Å². The van der Waals surface area contributed by atoms with Crippen LogP contribution in [-0.2, 0) is 14.3 Å². The summed E-state index contributed by atoms with van der Waals surface area (Å²) < 4.78 is 4.64. The fraction of sp³-hybridized carbons (Fsp3) is 0.818. The maximum atomic E-state index is 11.5. The van der Waals surface area contributed by atoms with Crippen molar-refractivity contribution in [1.29, 1.82) is 0 Å². The first kappa shape index (κ1) is 13.0. The topological polar surface area (TPSA) is 67.4 Å². The molecular formula is C11H20N2O3. The molecule has 1 aliphatic carbocycles. The van der Waals surface area contributed by atoms with Crippen LogP contribution in [0.25, 0.3) is 0 Å². The zero-order valence-corrected chi connectivity index (χ0v) is 10.1. The molecule has 0 radical (unpaired) electrons. The summed E-state index contributed by atoms with van der Waals surface area (Å²) in [6.07, 6.45) is 2.27. The number of carbonyl (C=O) groups excluding carboxylic acids is 2. The summed E-state index contributed by atoms with van der Waals surface area (Å²) in [7, 11) is 1.33. The molecule has 1 fully saturated rings. The molecule has 0 aromatic carbocycles. The molecule has 92 valence electrons. The van der Waals surface area contributed by atoms with Crippen molar-refractivity contribution < 1.29 is 14.3 Å². The SMILES string of the molecule is COC(=O)C(NC(=O)CNC1CC1)C(C)C. The van der Waals surface area contributed by atoms with Crippen molar-refractivity contribution >= 4 is 11.9 Å². The highest BCUT2D eigenvalue weighted by Gasteiger charge is 2.26. The Balaban J connectivity index is 2.34. The number of hydrogen-bond donors (Lipinski definition) is 2. The van der Waals surface area contributed by atoms with Crippen molar-refractivity contribution in [3.8, 4) is 0 Å². The Bertz CT molecular complexity index is 262. The fourth-order valence-corrected chi connectivity index (χ4v) is 1.37. The van der Waals surface area contributed by atoms with Crippen molar-refractivity contribution in [1.82, 2.24) is 10.6 Å². The number of esters is 1. The lowest BCUT2D eigenvalue weighted by Gasteiger charge is -2.19. The molecule has 5 heteroatoms. The average Bonchev–Trinajstić information content (AvgIpc) is 3.05. The Hall–Kier alpha value is -1.10. The van der Waals surface area contributed by atoms with Crippen molar-refractivity contribution in [3.63, 3.8) is 0 Å². The second-order valence-electron chi connectivity index (χ2n) is 4.47. The highest BCUT2D eigenvalue weighted by molar-refractivity contribution is 5.85. The third-order valence-electron chi connectivity index (χ3n) is 2.57. The van der Waals surface area contributed by atoms with Gasteiger partial charge in [0, 0.05) is 6.04 Å². The summed E-state index contributed by atoms with van der Waals surface area (Å²) in [4.78, 5) is 22.9. The van der Waals surface area contributed by atoms with Gasteiger partial charge in [-0.1, -0.05) is 13.8 Å². The summed E-state index contributed by atoms with van der Waals surface area (Å²) in [6.45, 7) is 4.01. The number of carbonyl (C=O) groups is 2. The standard InChI is InChI=1S/C11H20N2O3/c1-7(2)10(11(15)16-3)13-9(14)6-12-8-4-5-8/h7-8,10,12H,4-6H2,1-3H3,(H,13,14). The van der Waals surface area contributed by atoms with Crippen LogP contribution in [0, 0.1) is 5.92 Å². The summed E-state index contributed by atoms with van der Waals surface area (Å²) in [5.74, 6) is -0.525. The molecule has 1 rings (SSSR count). The van der Waals surface area contributed by atoms with E-state index in [-0.39, 0.29) is 18.4 Å². The van der Waals surface area contributed by atoms with Gasteiger partial charge in [-0.05, 0) is 18.8 Å². The van der Waals surface area contributed by atoms with Crippen LogP contribution in [0.3, 0.4) is 0 Å². The Morgan fingerprint density at radius 3 is 2.44 bits per heavy atom. The molecule has 1 unspecified atom stereocenters. The van der Waals surface area contributed by atoms with E-state index in [1.807, 2.05) is 13.8 Å². The van der Waals surface area contributed by atoms with Crippen LogP contribution in [-0.4, -0.2) is 37.6 Å². The van der Waals surface area contributed by atoms with Gasteiger partial charge < -0.3 is 15.4 Å². The van der Waals surface area contributed by atoms with E-state index in [4.69, 9.17) is 0 Å². The van der Waals surface area contributed by atoms with Crippen LogP contribution >= 0.6 is 0 Å². The fourth-order valence-electron chi connectivity index (χ4n) is 1.37. The quantitative estimate of drug-likeness (QED) is 0.630. The van der Waals surface area contributed by atoms with Gasteiger partial charge in [0.25, 0.3) is 0 Å². The number of hydrogen-bond acceptors (Lipinski definition) is 4. The average molecular weight is 228 g/mol. The molecular weight excluding hydrogens is 208 g/mol. The van der Waals surface area contributed by atoms with E-state index < -0.39 is 12.0 Å². The molecule has 1 saturated carbocycles. The second kappa shape index (κ2) is 5.84. The monoisotopic (exact) mass is 228 g/mol. The molecule has 0 aromatic rings. The number of methoxy groups -OCH3 is 1. The lowest BCUT2D eigenvalue weighted by Crippen LogP contribution is -2.48. The van der Waals surface area contributed by atoms with E-state index in [0.717, 1.165) is 12.8 Å². The molecule has 1 amide bonds. The molecule has 16 heavy (non-hydrogen) atoms. The smallest absolute Gasteiger partial charge is 0.328 e. The maximum Gasteiger partial charge on any atom is 0.328 e. The lowest BCUT2D eigenvalue weighted by atomic mass is 10.0. The van der Waals surface area contributed by atoms with Crippen LogP contribution in [0.1, 0.15) is 26.7 Å². The van der Waals surface area contributed by atoms with E-state index in [1.54, 1.807) is 0 Å². The minimum absolute atomic E-state index is 0.0253. The third kappa shape index (κ3) is 4.18. The predicted molar refractivity (Wildman–Crippen MR) is 59.8 cm³/mol. The lowest BCUT2D eigenvalue weighted by molar-refractivity contribution is -0.146. The highest BCUT2D eigenvalue weighted by atomic mass is 16.5. The van der Waals surface area contributed by atoms with Crippen LogP contribution in [0.4, 0.5) is 0 Å². The van der Waals surface area contributed by atoms with Crippen molar-refractivity contribution in [3.05, 3.63) is 0 Å². The summed E-state index contributed by atoms with van der Waals surface area (Å²) in [5, 5.41) is 5.77. The largest absolute Gasteiger partial charge is 0.467 e. The Morgan fingerprint density at radius 1 is 1.38 bits per heavy atom. The van der Waals surface area contributed by atoms with Gasteiger partial charge in [-0.15, -0.1) is 0 Å². The molecule has 1 aliphatic rings. The molecule has 0 bridgehead atoms. The Labute approximate surface area is 95.9 Å². The van der Waals surface area contributed by atoms with E-state index in [1.165, 1.54) is 7.11 Å². The minimum atomic E-state index is -0.557. The maximum absolute atomic E-state index is 11.5. The Kier molecular flexibility index (Phi) is 4.73. The van der Waals surface area contributed by atoms with E-state index in [2.05, 4.69) is 15.4 Å². The van der Waals surface area contributed by atoms with Crippen LogP contribution in [0.2, 0.25) is 0 Å². The van der Waals surface area contributed by atoms with Gasteiger partial charge in [0.2, 0.25) is 5.91 Å². The molecule has 0 saturated heterocycles. The Morgan fingerprint density at radius 2 is 2.00 bits per heavy atom. The van der Waals surface area contributed by atoms with E-state index in [9.17, 15) is 9.59 Å².